The number of carboxylic acids is 1. The van der Waals surface area contributed by atoms with E-state index < -0.39 is 12.1 Å². The van der Waals surface area contributed by atoms with Crippen molar-refractivity contribution in [3.8, 4) is 23.0 Å². The van der Waals surface area contributed by atoms with Crippen LogP contribution in [0, 0.1) is 5.82 Å². The summed E-state index contributed by atoms with van der Waals surface area (Å²) in [6.07, 6.45) is 2.85. The molecular weight excluding hydrogens is 449 g/mol. The van der Waals surface area contributed by atoms with Crippen LogP contribution in [-0.2, 0) is 18.3 Å². The number of carbonyl (C=O) groups is 1. The van der Waals surface area contributed by atoms with Gasteiger partial charge in [0.2, 0.25) is 0 Å². The monoisotopic (exact) mass is 473 g/mol. The van der Waals surface area contributed by atoms with Gasteiger partial charge in [-0.05, 0) is 55.3 Å². The van der Waals surface area contributed by atoms with Crippen LogP contribution in [0.2, 0.25) is 0 Å². The highest BCUT2D eigenvalue weighted by molar-refractivity contribution is 5.81. The second kappa shape index (κ2) is 8.34. The molecule has 0 amide bonds. The Labute approximate surface area is 201 Å². The van der Waals surface area contributed by atoms with Crippen LogP contribution in [0.1, 0.15) is 41.6 Å². The van der Waals surface area contributed by atoms with Crippen molar-refractivity contribution >= 4 is 16.9 Å². The van der Waals surface area contributed by atoms with Gasteiger partial charge in [-0.3, -0.25) is 4.79 Å². The largest absolute Gasteiger partial charge is 0.492 e. The summed E-state index contributed by atoms with van der Waals surface area (Å²) in [6, 6.07) is 16.5. The van der Waals surface area contributed by atoms with Gasteiger partial charge in [0.15, 0.2) is 0 Å². The number of fused-ring (bicyclic) bond motifs is 3. The van der Waals surface area contributed by atoms with Crippen molar-refractivity contribution in [2.45, 2.75) is 31.3 Å². The minimum Gasteiger partial charge on any atom is -0.492 e. The van der Waals surface area contributed by atoms with Gasteiger partial charge >= 0.3 is 5.97 Å². The van der Waals surface area contributed by atoms with Gasteiger partial charge in [0.05, 0.1) is 13.0 Å². The zero-order valence-electron chi connectivity index (χ0n) is 19.2. The number of aryl methyl sites for hydroxylation is 1. The molecule has 1 aliphatic heterocycles. The third kappa shape index (κ3) is 3.87. The second-order valence-electron chi connectivity index (χ2n) is 9.14. The maximum Gasteiger partial charge on any atom is 0.304 e. The van der Waals surface area contributed by atoms with Gasteiger partial charge < -0.3 is 23.9 Å². The molecule has 35 heavy (non-hydrogen) atoms. The molecule has 0 fully saturated rings. The standard InChI is InChI=1S/C28H24FNO5/c1-30-11-10-16-12-18(3-7-23(16)30)34-24-9-6-22(29)28-21(24)5-8-25(28)35-19-2-4-20-17(13-27(31)32)15-33-26(20)14-19/h2-4,6-7,9-12,14,17,25H,5,8,13,15H2,1H3,(H,31,32)/t17?,25-/m1/s1. The smallest absolute Gasteiger partial charge is 0.304 e. The Balaban J connectivity index is 1.24. The summed E-state index contributed by atoms with van der Waals surface area (Å²) in [5, 5.41) is 10.2. The van der Waals surface area contributed by atoms with Crippen LogP contribution < -0.4 is 14.2 Å². The summed E-state index contributed by atoms with van der Waals surface area (Å²) in [7, 11) is 2.00. The molecule has 2 atom stereocenters. The number of aromatic nitrogens is 1. The summed E-state index contributed by atoms with van der Waals surface area (Å²) in [6.45, 7) is 0.335. The number of nitrogens with zero attached hydrogens (tertiary/aromatic N) is 1. The molecule has 1 aromatic heterocycles. The van der Waals surface area contributed by atoms with Gasteiger partial charge in [0.25, 0.3) is 0 Å². The topological polar surface area (TPSA) is 69.9 Å². The van der Waals surface area contributed by atoms with Crippen LogP contribution >= 0.6 is 0 Å². The van der Waals surface area contributed by atoms with E-state index in [9.17, 15) is 9.18 Å². The molecule has 0 spiro atoms. The number of hydrogen-bond acceptors (Lipinski definition) is 4. The van der Waals surface area contributed by atoms with Crippen molar-refractivity contribution in [3.05, 3.63) is 83.3 Å². The first-order chi connectivity index (χ1) is 17.0. The first kappa shape index (κ1) is 21.5. The van der Waals surface area contributed by atoms with Gasteiger partial charge in [-0.15, -0.1) is 0 Å². The van der Waals surface area contributed by atoms with Crippen molar-refractivity contribution in [3.63, 3.8) is 0 Å². The SMILES string of the molecule is Cn1ccc2cc(Oc3ccc(F)c4c3CC[C@H]4Oc3ccc4c(c3)OCC4CC(=O)O)ccc21. The van der Waals surface area contributed by atoms with Crippen molar-refractivity contribution in [2.75, 3.05) is 6.61 Å². The molecule has 6 nitrogen and oxygen atoms in total. The zero-order valence-corrected chi connectivity index (χ0v) is 19.2. The van der Waals surface area contributed by atoms with E-state index >= 15 is 0 Å². The Morgan fingerprint density at radius 3 is 2.86 bits per heavy atom. The lowest BCUT2D eigenvalue weighted by molar-refractivity contribution is -0.137. The van der Waals surface area contributed by atoms with Crippen LogP contribution in [0.5, 0.6) is 23.0 Å². The molecule has 0 radical (unpaired) electrons. The second-order valence-corrected chi connectivity index (χ2v) is 9.14. The molecule has 1 aliphatic carbocycles. The average molecular weight is 474 g/mol. The van der Waals surface area contributed by atoms with Crippen molar-refractivity contribution in [2.24, 2.45) is 7.05 Å². The first-order valence-corrected chi connectivity index (χ1v) is 11.7. The van der Waals surface area contributed by atoms with Crippen molar-refractivity contribution in [1.29, 1.82) is 0 Å². The van der Waals surface area contributed by atoms with E-state index in [-0.39, 0.29) is 18.2 Å². The highest BCUT2D eigenvalue weighted by atomic mass is 19.1. The maximum atomic E-state index is 14.9. The van der Waals surface area contributed by atoms with E-state index in [1.165, 1.54) is 6.07 Å². The molecule has 0 saturated heterocycles. The molecular formula is C28H24FNO5. The number of aliphatic carboxylic acids is 1. The Hall–Kier alpha value is -4.00. The molecule has 0 bridgehead atoms. The molecule has 4 aromatic rings. The fourth-order valence-electron chi connectivity index (χ4n) is 5.18. The molecule has 1 N–H and O–H groups in total. The van der Waals surface area contributed by atoms with E-state index in [2.05, 4.69) is 0 Å². The van der Waals surface area contributed by atoms with Crippen LogP contribution in [0.3, 0.4) is 0 Å². The van der Waals surface area contributed by atoms with E-state index in [0.29, 0.717) is 48.0 Å². The summed E-state index contributed by atoms with van der Waals surface area (Å²) in [4.78, 5) is 11.1. The molecule has 2 aliphatic rings. The summed E-state index contributed by atoms with van der Waals surface area (Å²) in [5.74, 6) is 1.19. The average Bonchev–Trinajstić information content (AvgIpc) is 3.54. The fraction of sp³-hybridized carbons (Fsp3) is 0.250. The maximum absolute atomic E-state index is 14.9. The molecule has 3 aromatic carbocycles. The van der Waals surface area contributed by atoms with Gasteiger partial charge in [-0.1, -0.05) is 6.07 Å². The lowest BCUT2D eigenvalue weighted by Gasteiger charge is -2.17. The quantitative estimate of drug-likeness (QED) is 0.365. The first-order valence-electron chi connectivity index (χ1n) is 11.7. The minimum atomic E-state index is -0.855. The normalized spacial score (nSPS) is 18.2. The molecule has 2 heterocycles. The van der Waals surface area contributed by atoms with E-state index in [1.807, 2.05) is 48.1 Å². The molecule has 0 saturated carbocycles. The summed E-state index contributed by atoms with van der Waals surface area (Å²) < 4.78 is 35.1. The van der Waals surface area contributed by atoms with E-state index in [0.717, 1.165) is 22.0 Å². The molecule has 1 unspecified atom stereocenters. The highest BCUT2D eigenvalue weighted by Gasteiger charge is 2.32. The van der Waals surface area contributed by atoms with Crippen molar-refractivity contribution in [1.82, 2.24) is 4.57 Å². The van der Waals surface area contributed by atoms with Gasteiger partial charge in [-0.2, -0.15) is 0 Å². The van der Waals surface area contributed by atoms with Gasteiger partial charge in [0, 0.05) is 52.8 Å². The minimum absolute atomic E-state index is 0.0222. The Bertz CT molecular complexity index is 1460. The summed E-state index contributed by atoms with van der Waals surface area (Å²) in [5.41, 5.74) is 3.32. The Morgan fingerprint density at radius 2 is 2.00 bits per heavy atom. The number of hydrogen-bond donors (Lipinski definition) is 1. The lowest BCUT2D eigenvalue weighted by atomic mass is 9.98. The van der Waals surface area contributed by atoms with E-state index in [4.69, 9.17) is 19.3 Å². The van der Waals surface area contributed by atoms with Crippen LogP contribution in [0.25, 0.3) is 10.9 Å². The van der Waals surface area contributed by atoms with Crippen LogP contribution in [0.15, 0.2) is 60.8 Å². The fourth-order valence-corrected chi connectivity index (χ4v) is 5.18. The predicted octanol–water partition coefficient (Wildman–Crippen LogP) is 6.13. The predicted molar refractivity (Wildman–Crippen MR) is 128 cm³/mol. The Morgan fingerprint density at radius 1 is 1.14 bits per heavy atom. The molecule has 178 valence electrons. The van der Waals surface area contributed by atoms with Crippen molar-refractivity contribution < 1.29 is 28.5 Å². The van der Waals surface area contributed by atoms with Gasteiger partial charge in [0.1, 0.15) is 34.9 Å². The number of ether oxygens (including phenoxy) is 3. The number of halogens is 1. The van der Waals surface area contributed by atoms with Gasteiger partial charge in [-0.25, -0.2) is 4.39 Å². The van der Waals surface area contributed by atoms with E-state index in [1.54, 1.807) is 18.2 Å². The Kier molecular flexibility index (Phi) is 5.13. The highest BCUT2D eigenvalue weighted by Crippen LogP contribution is 2.44. The number of benzene rings is 3. The van der Waals surface area contributed by atoms with Crippen LogP contribution in [0.4, 0.5) is 4.39 Å². The third-order valence-electron chi connectivity index (χ3n) is 6.89. The zero-order chi connectivity index (χ0) is 24.1. The molecule has 7 heteroatoms. The third-order valence-corrected chi connectivity index (χ3v) is 6.89. The lowest BCUT2D eigenvalue weighted by Crippen LogP contribution is -2.07. The summed E-state index contributed by atoms with van der Waals surface area (Å²) >= 11 is 0. The molecule has 6 rings (SSSR count). The number of rotatable bonds is 6. The number of carboxylic acid groups (broad SMARTS) is 1. The van der Waals surface area contributed by atoms with Crippen LogP contribution in [-0.4, -0.2) is 22.2 Å².